The molecule has 0 bridgehead atoms. The van der Waals surface area contributed by atoms with Crippen LogP contribution in [0.4, 0.5) is 4.79 Å². The number of hydrogen-bond donors (Lipinski definition) is 1. The Morgan fingerprint density at radius 1 is 0.903 bits per heavy atom. The predicted octanol–water partition coefficient (Wildman–Crippen LogP) is 5.12. The largest absolute Gasteiger partial charge is 0.480 e. The third-order valence-corrected chi connectivity index (χ3v) is 6.09. The minimum absolute atomic E-state index is 0.0698. The maximum absolute atomic E-state index is 12.8. The van der Waals surface area contributed by atoms with Gasteiger partial charge in [0, 0.05) is 18.9 Å². The SMILES string of the molecule is C[C@@H](c1ccccc1)[C@H](C(=O)O)N(C)C(=O)OCC1c2ccccc2-c2ccccc21. The molecule has 1 aliphatic rings. The second-order valence-corrected chi connectivity index (χ2v) is 7.90. The number of benzene rings is 3. The van der Waals surface area contributed by atoms with Crippen molar-refractivity contribution in [2.75, 3.05) is 13.7 Å². The molecule has 4 rings (SSSR count). The maximum atomic E-state index is 12.8. The van der Waals surface area contributed by atoms with E-state index in [2.05, 4.69) is 24.3 Å². The van der Waals surface area contributed by atoms with Gasteiger partial charge >= 0.3 is 12.1 Å². The molecule has 3 aromatic carbocycles. The second-order valence-electron chi connectivity index (χ2n) is 7.90. The maximum Gasteiger partial charge on any atom is 0.410 e. The Kier molecular flexibility index (Phi) is 5.76. The van der Waals surface area contributed by atoms with Gasteiger partial charge in [0.15, 0.2) is 0 Å². The van der Waals surface area contributed by atoms with Gasteiger partial charge in [-0.15, -0.1) is 0 Å². The van der Waals surface area contributed by atoms with Gasteiger partial charge in [0.25, 0.3) is 0 Å². The highest BCUT2D eigenvalue weighted by atomic mass is 16.6. The zero-order valence-corrected chi connectivity index (χ0v) is 17.6. The number of carboxylic acids is 1. The third kappa shape index (κ3) is 3.91. The summed E-state index contributed by atoms with van der Waals surface area (Å²) in [5.41, 5.74) is 5.38. The summed E-state index contributed by atoms with van der Waals surface area (Å²) < 4.78 is 5.64. The molecule has 0 spiro atoms. The Labute approximate surface area is 181 Å². The molecule has 2 atom stereocenters. The van der Waals surface area contributed by atoms with Crippen LogP contribution < -0.4 is 0 Å². The highest BCUT2D eigenvalue weighted by Gasteiger charge is 2.35. The Hall–Kier alpha value is -3.60. The number of fused-ring (bicyclic) bond motifs is 3. The summed E-state index contributed by atoms with van der Waals surface area (Å²) in [4.78, 5) is 26.0. The monoisotopic (exact) mass is 415 g/mol. The molecule has 0 saturated heterocycles. The molecular formula is C26H25NO4. The van der Waals surface area contributed by atoms with Crippen LogP contribution in [0.25, 0.3) is 11.1 Å². The lowest BCUT2D eigenvalue weighted by molar-refractivity contribution is -0.143. The predicted molar refractivity (Wildman–Crippen MR) is 119 cm³/mol. The quantitative estimate of drug-likeness (QED) is 0.606. The van der Waals surface area contributed by atoms with E-state index in [1.54, 1.807) is 6.92 Å². The van der Waals surface area contributed by atoms with Crippen molar-refractivity contribution in [3.05, 3.63) is 95.6 Å². The molecule has 158 valence electrons. The Morgan fingerprint density at radius 3 is 1.97 bits per heavy atom. The van der Waals surface area contributed by atoms with E-state index < -0.39 is 18.1 Å². The Bertz CT molecular complexity index is 1050. The fourth-order valence-corrected chi connectivity index (χ4v) is 4.46. The summed E-state index contributed by atoms with van der Waals surface area (Å²) in [7, 11) is 1.48. The molecule has 3 aromatic rings. The average Bonchev–Trinajstić information content (AvgIpc) is 3.11. The van der Waals surface area contributed by atoms with E-state index in [1.807, 2.05) is 54.6 Å². The van der Waals surface area contributed by atoms with Crippen LogP contribution in [0.1, 0.15) is 35.4 Å². The zero-order valence-electron chi connectivity index (χ0n) is 17.6. The number of ether oxygens (including phenoxy) is 1. The third-order valence-electron chi connectivity index (χ3n) is 6.09. The van der Waals surface area contributed by atoms with Crippen LogP contribution in [0.2, 0.25) is 0 Å². The van der Waals surface area contributed by atoms with Crippen molar-refractivity contribution in [2.24, 2.45) is 0 Å². The van der Waals surface area contributed by atoms with E-state index in [4.69, 9.17) is 4.74 Å². The van der Waals surface area contributed by atoms with Crippen molar-refractivity contribution < 1.29 is 19.4 Å². The normalized spacial score (nSPS) is 14.3. The number of carbonyl (C=O) groups excluding carboxylic acids is 1. The van der Waals surface area contributed by atoms with Gasteiger partial charge in [-0.1, -0.05) is 85.8 Å². The van der Waals surface area contributed by atoms with E-state index in [-0.39, 0.29) is 18.4 Å². The first-order chi connectivity index (χ1) is 15.0. The first-order valence-corrected chi connectivity index (χ1v) is 10.3. The fourth-order valence-electron chi connectivity index (χ4n) is 4.46. The average molecular weight is 415 g/mol. The highest BCUT2D eigenvalue weighted by Crippen LogP contribution is 2.44. The Morgan fingerprint density at radius 2 is 1.42 bits per heavy atom. The first-order valence-electron chi connectivity index (χ1n) is 10.3. The van der Waals surface area contributed by atoms with E-state index in [1.165, 1.54) is 11.9 Å². The van der Waals surface area contributed by atoms with E-state index in [0.29, 0.717) is 0 Å². The van der Waals surface area contributed by atoms with Crippen LogP contribution in [0.5, 0.6) is 0 Å². The number of hydrogen-bond acceptors (Lipinski definition) is 3. The number of nitrogens with zero attached hydrogens (tertiary/aromatic N) is 1. The second kappa shape index (κ2) is 8.64. The number of likely N-dealkylation sites (N-methyl/N-ethyl adjacent to an activating group) is 1. The zero-order chi connectivity index (χ0) is 22.0. The Balaban J connectivity index is 1.51. The molecule has 0 heterocycles. The summed E-state index contributed by atoms with van der Waals surface area (Å²) in [6, 6.07) is 24.5. The molecule has 0 aliphatic heterocycles. The van der Waals surface area contributed by atoms with Crippen molar-refractivity contribution in [2.45, 2.75) is 24.8 Å². The minimum atomic E-state index is -1.06. The number of carboxylic acid groups (broad SMARTS) is 1. The van der Waals surface area contributed by atoms with E-state index >= 15 is 0 Å². The summed E-state index contributed by atoms with van der Waals surface area (Å²) >= 11 is 0. The molecule has 0 aromatic heterocycles. The van der Waals surface area contributed by atoms with Crippen molar-refractivity contribution in [3.8, 4) is 11.1 Å². The molecule has 31 heavy (non-hydrogen) atoms. The van der Waals surface area contributed by atoms with Gasteiger partial charge in [0.05, 0.1) is 0 Å². The van der Waals surface area contributed by atoms with Crippen LogP contribution in [0.3, 0.4) is 0 Å². The molecule has 5 heteroatoms. The smallest absolute Gasteiger partial charge is 0.410 e. The van der Waals surface area contributed by atoms with Gasteiger partial charge in [-0.05, 0) is 27.8 Å². The highest BCUT2D eigenvalue weighted by molar-refractivity contribution is 5.81. The van der Waals surface area contributed by atoms with E-state index in [9.17, 15) is 14.7 Å². The summed E-state index contributed by atoms with van der Waals surface area (Å²) in [5, 5.41) is 9.81. The number of rotatable bonds is 6. The molecule has 1 aliphatic carbocycles. The van der Waals surface area contributed by atoms with Crippen LogP contribution in [-0.2, 0) is 9.53 Å². The van der Waals surface area contributed by atoms with Gasteiger partial charge in [-0.2, -0.15) is 0 Å². The molecule has 5 nitrogen and oxygen atoms in total. The van der Waals surface area contributed by atoms with Gasteiger partial charge < -0.3 is 9.84 Å². The molecule has 1 amide bonds. The minimum Gasteiger partial charge on any atom is -0.480 e. The number of amides is 1. The van der Waals surface area contributed by atoms with Gasteiger partial charge in [-0.25, -0.2) is 9.59 Å². The standard InChI is InChI=1S/C26H25NO4/c1-17(18-10-4-3-5-11-18)24(25(28)29)27(2)26(30)31-16-23-21-14-8-6-12-19(21)20-13-7-9-15-22(20)23/h3-15,17,23-24H,16H2,1-2H3,(H,28,29)/t17-,24+/m0/s1. The van der Waals surface area contributed by atoms with Crippen LogP contribution in [0.15, 0.2) is 78.9 Å². The van der Waals surface area contributed by atoms with Crippen LogP contribution >= 0.6 is 0 Å². The lowest BCUT2D eigenvalue weighted by atomic mass is 9.92. The molecular weight excluding hydrogens is 390 g/mol. The molecule has 0 saturated carbocycles. The molecule has 0 radical (unpaired) electrons. The van der Waals surface area contributed by atoms with Crippen molar-refractivity contribution in [1.82, 2.24) is 4.90 Å². The number of aliphatic carboxylic acids is 1. The number of carbonyl (C=O) groups is 2. The lowest BCUT2D eigenvalue weighted by Gasteiger charge is -2.29. The molecule has 1 N–H and O–H groups in total. The van der Waals surface area contributed by atoms with Gasteiger partial charge in [0.1, 0.15) is 12.6 Å². The summed E-state index contributed by atoms with van der Waals surface area (Å²) in [5.74, 6) is -1.52. The van der Waals surface area contributed by atoms with Gasteiger partial charge in [-0.3, -0.25) is 4.90 Å². The molecule has 0 fully saturated rings. The lowest BCUT2D eigenvalue weighted by Crippen LogP contribution is -2.46. The van der Waals surface area contributed by atoms with E-state index in [0.717, 1.165) is 27.8 Å². The summed E-state index contributed by atoms with van der Waals surface area (Å²) in [6.07, 6.45) is -0.642. The van der Waals surface area contributed by atoms with Crippen LogP contribution in [-0.4, -0.2) is 41.8 Å². The van der Waals surface area contributed by atoms with Gasteiger partial charge in [0.2, 0.25) is 0 Å². The summed E-state index contributed by atoms with van der Waals surface area (Å²) in [6.45, 7) is 1.96. The van der Waals surface area contributed by atoms with Crippen molar-refractivity contribution in [1.29, 1.82) is 0 Å². The van der Waals surface area contributed by atoms with Crippen molar-refractivity contribution >= 4 is 12.1 Å². The topological polar surface area (TPSA) is 66.8 Å². The fraction of sp³-hybridized carbons (Fsp3) is 0.231. The van der Waals surface area contributed by atoms with Crippen LogP contribution in [0, 0.1) is 0 Å². The molecule has 0 unspecified atom stereocenters. The van der Waals surface area contributed by atoms with Crippen molar-refractivity contribution in [3.63, 3.8) is 0 Å². The first kappa shape index (κ1) is 20.7.